The van der Waals surface area contributed by atoms with Crippen LogP contribution < -0.4 is 5.14 Å². The fraction of sp³-hybridized carbons (Fsp3) is 0.350. The number of hydrogen-bond acceptors (Lipinski definition) is 4. The Morgan fingerprint density at radius 3 is 2.00 bits per heavy atom. The van der Waals surface area contributed by atoms with Crippen LogP contribution >= 0.6 is 0 Å². The van der Waals surface area contributed by atoms with E-state index in [9.17, 15) is 13.2 Å². The molecule has 146 valence electrons. The van der Waals surface area contributed by atoms with Gasteiger partial charge in [-0.15, -0.1) is 0 Å². The molecule has 0 radical (unpaired) electrons. The third kappa shape index (κ3) is 6.08. The molecule has 27 heavy (non-hydrogen) atoms. The van der Waals surface area contributed by atoms with Gasteiger partial charge in [-0.2, -0.15) is 0 Å². The lowest BCUT2D eigenvalue weighted by atomic mass is 9.84. The molecule has 1 aliphatic carbocycles. The Kier molecular flexibility index (Phi) is 7.38. The average molecular weight is 391 g/mol. The molecule has 0 aliphatic heterocycles. The number of sulfonamides is 1. The molecule has 1 unspecified atom stereocenters. The third-order valence-electron chi connectivity index (χ3n) is 4.69. The van der Waals surface area contributed by atoms with Gasteiger partial charge < -0.3 is 10.2 Å². The van der Waals surface area contributed by atoms with Gasteiger partial charge in [-0.1, -0.05) is 61.7 Å². The van der Waals surface area contributed by atoms with Crippen LogP contribution in [0.3, 0.4) is 0 Å². The van der Waals surface area contributed by atoms with Crippen LogP contribution in [-0.2, 0) is 10.0 Å². The summed E-state index contributed by atoms with van der Waals surface area (Å²) in [5.74, 6) is -1.13. The van der Waals surface area contributed by atoms with Gasteiger partial charge in [0.25, 0.3) is 0 Å². The van der Waals surface area contributed by atoms with Crippen molar-refractivity contribution in [3.63, 3.8) is 0 Å². The van der Waals surface area contributed by atoms with Gasteiger partial charge in [0.05, 0.1) is 0 Å². The summed E-state index contributed by atoms with van der Waals surface area (Å²) in [5.41, 5.74) is 0.768. The van der Waals surface area contributed by atoms with E-state index >= 15 is 0 Å². The summed E-state index contributed by atoms with van der Waals surface area (Å²) < 4.78 is 23.6. The standard InChI is InChI=1S/C13H19NO2S.C7H6O3/c14-17(15,16)13(11-7-3-1-4-8-11)12-9-5-2-6-10-12;8-6-4-2-1-3-5(6)7(9)10/h1,3-4,7-8,12-13H,2,5-6,9-10H2,(H2,14,15,16);1-4,8H,(H,9,10). The predicted octanol–water partition coefficient (Wildman–Crippen LogP) is 3.69. The van der Waals surface area contributed by atoms with Crippen molar-refractivity contribution in [1.82, 2.24) is 0 Å². The van der Waals surface area contributed by atoms with E-state index in [1.165, 1.54) is 18.6 Å². The Morgan fingerprint density at radius 1 is 0.963 bits per heavy atom. The number of hydrogen-bond donors (Lipinski definition) is 3. The molecular formula is C20H25NO5S. The van der Waals surface area contributed by atoms with E-state index in [2.05, 4.69) is 0 Å². The number of carbonyl (C=O) groups is 1. The molecule has 2 aromatic carbocycles. The van der Waals surface area contributed by atoms with E-state index in [0.717, 1.165) is 31.2 Å². The van der Waals surface area contributed by atoms with Crippen LogP contribution in [0, 0.1) is 5.92 Å². The highest BCUT2D eigenvalue weighted by atomic mass is 32.2. The number of benzene rings is 2. The molecule has 0 aromatic heterocycles. The molecule has 7 heteroatoms. The summed E-state index contributed by atoms with van der Waals surface area (Å²) in [6, 6.07) is 15.2. The predicted molar refractivity (Wildman–Crippen MR) is 104 cm³/mol. The Labute approximate surface area is 159 Å². The van der Waals surface area contributed by atoms with Gasteiger partial charge in [0.1, 0.15) is 16.6 Å². The van der Waals surface area contributed by atoms with E-state index in [-0.39, 0.29) is 17.2 Å². The highest BCUT2D eigenvalue weighted by molar-refractivity contribution is 7.89. The van der Waals surface area contributed by atoms with E-state index in [1.54, 1.807) is 12.1 Å². The molecule has 0 heterocycles. The van der Waals surface area contributed by atoms with Crippen molar-refractivity contribution >= 4 is 16.0 Å². The summed E-state index contributed by atoms with van der Waals surface area (Å²) in [4.78, 5) is 10.3. The Morgan fingerprint density at radius 2 is 1.52 bits per heavy atom. The van der Waals surface area contributed by atoms with Gasteiger partial charge in [0.15, 0.2) is 0 Å². The molecule has 0 saturated heterocycles. The number of rotatable bonds is 4. The molecule has 1 aliphatic rings. The zero-order chi connectivity index (χ0) is 19.9. The van der Waals surface area contributed by atoms with Crippen molar-refractivity contribution in [2.45, 2.75) is 37.4 Å². The van der Waals surface area contributed by atoms with Crippen LogP contribution in [0.5, 0.6) is 5.75 Å². The lowest BCUT2D eigenvalue weighted by molar-refractivity contribution is 0.0693. The molecule has 6 nitrogen and oxygen atoms in total. The zero-order valence-electron chi connectivity index (χ0n) is 15.0. The maximum Gasteiger partial charge on any atom is 0.339 e. The summed E-state index contributed by atoms with van der Waals surface area (Å²) in [5, 5.41) is 22.2. The minimum absolute atomic E-state index is 0.0671. The molecule has 1 atom stereocenters. The van der Waals surface area contributed by atoms with Crippen LogP contribution in [-0.4, -0.2) is 24.6 Å². The minimum Gasteiger partial charge on any atom is -0.507 e. The summed E-state index contributed by atoms with van der Waals surface area (Å²) in [6.07, 6.45) is 5.38. The van der Waals surface area contributed by atoms with Gasteiger partial charge >= 0.3 is 5.97 Å². The van der Waals surface area contributed by atoms with Crippen molar-refractivity contribution in [1.29, 1.82) is 0 Å². The van der Waals surface area contributed by atoms with Gasteiger partial charge in [-0.25, -0.2) is 18.4 Å². The van der Waals surface area contributed by atoms with Crippen LogP contribution in [0.25, 0.3) is 0 Å². The fourth-order valence-corrected chi connectivity index (χ4v) is 4.81. The average Bonchev–Trinajstić information content (AvgIpc) is 2.63. The fourth-order valence-electron chi connectivity index (χ4n) is 3.46. The number of carboxylic acid groups (broad SMARTS) is 1. The van der Waals surface area contributed by atoms with E-state index in [1.807, 2.05) is 30.3 Å². The van der Waals surface area contributed by atoms with Crippen molar-refractivity contribution in [2.75, 3.05) is 0 Å². The molecule has 0 amide bonds. The molecule has 0 bridgehead atoms. The van der Waals surface area contributed by atoms with Crippen LogP contribution in [0.4, 0.5) is 0 Å². The van der Waals surface area contributed by atoms with Crippen LogP contribution in [0.2, 0.25) is 0 Å². The number of phenols is 1. The minimum atomic E-state index is -3.52. The largest absolute Gasteiger partial charge is 0.507 e. The molecular weight excluding hydrogens is 366 g/mol. The van der Waals surface area contributed by atoms with Gasteiger partial charge in [0, 0.05) is 0 Å². The summed E-state index contributed by atoms with van der Waals surface area (Å²) in [7, 11) is -3.52. The number of nitrogens with two attached hydrogens (primary N) is 1. The number of para-hydroxylation sites is 1. The monoisotopic (exact) mass is 391 g/mol. The normalized spacial score (nSPS) is 16.0. The topological polar surface area (TPSA) is 118 Å². The van der Waals surface area contributed by atoms with E-state index in [0.29, 0.717) is 0 Å². The second-order valence-electron chi connectivity index (χ2n) is 6.64. The van der Waals surface area contributed by atoms with E-state index in [4.69, 9.17) is 15.4 Å². The first kappa shape index (κ1) is 20.9. The maximum absolute atomic E-state index is 11.8. The zero-order valence-corrected chi connectivity index (χ0v) is 15.8. The number of aromatic carboxylic acids is 1. The highest BCUT2D eigenvalue weighted by Gasteiger charge is 2.33. The smallest absolute Gasteiger partial charge is 0.339 e. The van der Waals surface area contributed by atoms with E-state index < -0.39 is 21.2 Å². The van der Waals surface area contributed by atoms with Gasteiger partial charge in [-0.3, -0.25) is 0 Å². The second kappa shape index (κ2) is 9.53. The maximum atomic E-state index is 11.8. The summed E-state index contributed by atoms with van der Waals surface area (Å²) in [6.45, 7) is 0. The molecule has 0 spiro atoms. The lowest BCUT2D eigenvalue weighted by Gasteiger charge is -2.28. The highest BCUT2D eigenvalue weighted by Crippen LogP contribution is 2.38. The molecule has 2 aromatic rings. The number of aromatic hydroxyl groups is 1. The Balaban J connectivity index is 0.000000223. The van der Waals surface area contributed by atoms with Crippen LogP contribution in [0.15, 0.2) is 54.6 Å². The van der Waals surface area contributed by atoms with Crippen molar-refractivity contribution in [3.8, 4) is 5.75 Å². The second-order valence-corrected chi connectivity index (χ2v) is 8.33. The van der Waals surface area contributed by atoms with Gasteiger partial charge in [0.2, 0.25) is 10.0 Å². The SMILES string of the molecule is NS(=O)(=O)C(c1ccccc1)C1CCCCC1.O=C(O)c1ccccc1O. The molecule has 1 saturated carbocycles. The molecule has 1 fully saturated rings. The third-order valence-corrected chi connectivity index (χ3v) is 6.06. The van der Waals surface area contributed by atoms with Crippen molar-refractivity contribution < 1.29 is 23.4 Å². The quantitative estimate of drug-likeness (QED) is 0.735. The number of primary sulfonamides is 1. The molecule has 4 N–H and O–H groups in total. The first-order chi connectivity index (χ1) is 12.8. The Hall–Kier alpha value is -2.38. The number of carboxylic acids is 1. The summed E-state index contributed by atoms with van der Waals surface area (Å²) >= 11 is 0. The van der Waals surface area contributed by atoms with Crippen LogP contribution in [0.1, 0.15) is 53.3 Å². The molecule has 3 rings (SSSR count). The first-order valence-corrected chi connectivity index (χ1v) is 10.5. The first-order valence-electron chi connectivity index (χ1n) is 8.88. The Bertz CT molecular complexity index is 846. The van der Waals surface area contributed by atoms with Crippen molar-refractivity contribution in [3.05, 3.63) is 65.7 Å². The lowest BCUT2D eigenvalue weighted by Crippen LogP contribution is -2.29. The van der Waals surface area contributed by atoms with Crippen molar-refractivity contribution in [2.24, 2.45) is 11.1 Å². The van der Waals surface area contributed by atoms with Gasteiger partial charge in [-0.05, 0) is 36.5 Å².